The SMILES string of the molecule is CSc1ccccc1C(=O)OCC(=O)NCC1CCCCC1. The molecule has 0 aromatic heterocycles. The molecule has 1 aliphatic carbocycles. The van der Waals surface area contributed by atoms with E-state index in [-0.39, 0.29) is 12.5 Å². The largest absolute Gasteiger partial charge is 0.452 e. The van der Waals surface area contributed by atoms with Crippen LogP contribution in [0.2, 0.25) is 0 Å². The average Bonchev–Trinajstić information content (AvgIpc) is 2.58. The van der Waals surface area contributed by atoms with Gasteiger partial charge in [0, 0.05) is 11.4 Å². The summed E-state index contributed by atoms with van der Waals surface area (Å²) in [5, 5.41) is 2.87. The Kier molecular flexibility index (Phi) is 6.77. The normalized spacial score (nSPS) is 15.3. The van der Waals surface area contributed by atoms with Crippen molar-refractivity contribution < 1.29 is 14.3 Å². The quantitative estimate of drug-likeness (QED) is 0.645. The molecular formula is C17H23NO3S. The van der Waals surface area contributed by atoms with Gasteiger partial charge in [0.25, 0.3) is 5.91 Å². The highest BCUT2D eigenvalue weighted by Gasteiger charge is 2.16. The third-order valence-corrected chi connectivity index (χ3v) is 4.77. The zero-order valence-electron chi connectivity index (χ0n) is 13.0. The van der Waals surface area contributed by atoms with Gasteiger partial charge in [-0.1, -0.05) is 31.4 Å². The molecule has 0 bridgehead atoms. The number of esters is 1. The monoisotopic (exact) mass is 321 g/mol. The van der Waals surface area contributed by atoms with Crippen LogP contribution in [0.15, 0.2) is 29.2 Å². The van der Waals surface area contributed by atoms with Gasteiger partial charge in [0.2, 0.25) is 0 Å². The highest BCUT2D eigenvalue weighted by Crippen LogP contribution is 2.23. The Morgan fingerprint density at radius 2 is 1.95 bits per heavy atom. The summed E-state index contributed by atoms with van der Waals surface area (Å²) in [4.78, 5) is 24.7. The Hall–Kier alpha value is -1.49. The Morgan fingerprint density at radius 1 is 1.23 bits per heavy atom. The van der Waals surface area contributed by atoms with Crippen LogP contribution < -0.4 is 5.32 Å². The number of carbonyl (C=O) groups excluding carboxylic acids is 2. The van der Waals surface area contributed by atoms with Gasteiger partial charge in [0.05, 0.1) is 5.56 Å². The molecule has 0 aliphatic heterocycles. The zero-order chi connectivity index (χ0) is 15.8. The molecule has 1 aliphatic rings. The number of carbonyl (C=O) groups is 2. The number of hydrogen-bond acceptors (Lipinski definition) is 4. The van der Waals surface area contributed by atoms with E-state index >= 15 is 0 Å². The van der Waals surface area contributed by atoms with E-state index in [1.165, 1.54) is 43.9 Å². The first-order chi connectivity index (χ1) is 10.7. The minimum absolute atomic E-state index is 0.214. The Labute approximate surface area is 136 Å². The molecule has 0 atom stereocenters. The molecule has 5 heteroatoms. The van der Waals surface area contributed by atoms with E-state index < -0.39 is 5.97 Å². The summed E-state index contributed by atoms with van der Waals surface area (Å²) in [5.74, 6) is -0.0936. The first-order valence-corrected chi connectivity index (χ1v) is 9.00. The van der Waals surface area contributed by atoms with Crippen molar-refractivity contribution in [3.05, 3.63) is 29.8 Å². The lowest BCUT2D eigenvalue weighted by atomic mass is 9.89. The molecule has 4 nitrogen and oxygen atoms in total. The van der Waals surface area contributed by atoms with Crippen LogP contribution in [0.25, 0.3) is 0 Å². The van der Waals surface area contributed by atoms with Gasteiger partial charge in [-0.05, 0) is 37.1 Å². The average molecular weight is 321 g/mol. The molecule has 1 N–H and O–H groups in total. The maximum Gasteiger partial charge on any atom is 0.339 e. The van der Waals surface area contributed by atoms with Gasteiger partial charge in [-0.25, -0.2) is 4.79 Å². The maximum absolute atomic E-state index is 12.0. The van der Waals surface area contributed by atoms with Crippen molar-refractivity contribution >= 4 is 23.6 Å². The van der Waals surface area contributed by atoms with Crippen LogP contribution in [0.5, 0.6) is 0 Å². The highest BCUT2D eigenvalue weighted by molar-refractivity contribution is 7.98. The van der Waals surface area contributed by atoms with Crippen LogP contribution in [0.3, 0.4) is 0 Å². The minimum Gasteiger partial charge on any atom is -0.452 e. The van der Waals surface area contributed by atoms with Crippen LogP contribution in [0.4, 0.5) is 0 Å². The van der Waals surface area contributed by atoms with Gasteiger partial charge >= 0.3 is 5.97 Å². The number of amides is 1. The van der Waals surface area contributed by atoms with Crippen LogP contribution in [-0.4, -0.2) is 31.3 Å². The molecule has 1 aromatic rings. The summed E-state index contributed by atoms with van der Waals surface area (Å²) in [5.41, 5.74) is 0.509. The molecule has 0 unspecified atom stereocenters. The summed E-state index contributed by atoms with van der Waals surface area (Å²) >= 11 is 1.49. The predicted molar refractivity (Wildman–Crippen MR) is 88.1 cm³/mol. The van der Waals surface area contributed by atoms with Crippen molar-refractivity contribution in [2.45, 2.75) is 37.0 Å². The van der Waals surface area contributed by atoms with E-state index in [1.807, 2.05) is 18.4 Å². The molecule has 1 saturated carbocycles. The third kappa shape index (κ3) is 5.05. The zero-order valence-corrected chi connectivity index (χ0v) is 13.8. The van der Waals surface area contributed by atoms with E-state index in [9.17, 15) is 9.59 Å². The lowest BCUT2D eigenvalue weighted by Gasteiger charge is -2.21. The first-order valence-electron chi connectivity index (χ1n) is 7.77. The third-order valence-electron chi connectivity index (χ3n) is 3.97. The van der Waals surface area contributed by atoms with E-state index in [0.717, 1.165) is 4.90 Å². The lowest BCUT2D eigenvalue weighted by molar-refractivity contribution is -0.124. The number of benzene rings is 1. The van der Waals surface area contributed by atoms with Crippen LogP contribution >= 0.6 is 11.8 Å². The minimum atomic E-state index is -0.447. The van der Waals surface area contributed by atoms with Crippen molar-refractivity contribution in [3.63, 3.8) is 0 Å². The van der Waals surface area contributed by atoms with E-state index in [2.05, 4.69) is 5.32 Å². The molecule has 1 fully saturated rings. The molecule has 0 saturated heterocycles. The second-order valence-corrected chi connectivity index (χ2v) is 6.43. The number of nitrogens with one attached hydrogen (secondary N) is 1. The standard InChI is InChI=1S/C17H23NO3S/c1-22-15-10-6-5-9-14(15)17(20)21-12-16(19)18-11-13-7-3-2-4-8-13/h5-6,9-10,13H,2-4,7-8,11-12H2,1H3,(H,18,19). The molecule has 1 aromatic carbocycles. The lowest BCUT2D eigenvalue weighted by Crippen LogP contribution is -2.33. The van der Waals surface area contributed by atoms with Crippen LogP contribution in [-0.2, 0) is 9.53 Å². The Morgan fingerprint density at radius 3 is 2.68 bits per heavy atom. The number of thioether (sulfide) groups is 1. The number of rotatable bonds is 6. The molecule has 120 valence electrons. The van der Waals surface area contributed by atoms with E-state index in [0.29, 0.717) is 18.0 Å². The molecule has 22 heavy (non-hydrogen) atoms. The molecule has 0 radical (unpaired) electrons. The van der Waals surface area contributed by atoms with Gasteiger partial charge in [0.1, 0.15) is 0 Å². The highest BCUT2D eigenvalue weighted by atomic mass is 32.2. The van der Waals surface area contributed by atoms with Crippen molar-refractivity contribution in [1.82, 2.24) is 5.32 Å². The molecule has 0 heterocycles. The topological polar surface area (TPSA) is 55.4 Å². The van der Waals surface area contributed by atoms with Crippen molar-refractivity contribution in [3.8, 4) is 0 Å². The molecular weight excluding hydrogens is 298 g/mol. The smallest absolute Gasteiger partial charge is 0.339 e. The van der Waals surface area contributed by atoms with Gasteiger partial charge in [-0.15, -0.1) is 11.8 Å². The predicted octanol–water partition coefficient (Wildman–Crippen LogP) is 3.26. The van der Waals surface area contributed by atoms with Gasteiger partial charge < -0.3 is 10.1 Å². The number of ether oxygens (including phenoxy) is 1. The fourth-order valence-electron chi connectivity index (χ4n) is 2.72. The summed E-state index contributed by atoms with van der Waals surface area (Å²) in [6.45, 7) is 0.478. The van der Waals surface area contributed by atoms with E-state index in [4.69, 9.17) is 4.74 Å². The summed E-state index contributed by atoms with van der Waals surface area (Å²) in [7, 11) is 0. The van der Waals surface area contributed by atoms with Crippen LogP contribution in [0, 0.1) is 5.92 Å². The fourth-order valence-corrected chi connectivity index (χ4v) is 3.31. The van der Waals surface area contributed by atoms with Crippen molar-refractivity contribution in [1.29, 1.82) is 0 Å². The Balaban J connectivity index is 1.74. The summed E-state index contributed by atoms with van der Waals surface area (Å²) in [6.07, 6.45) is 8.07. The van der Waals surface area contributed by atoms with Gasteiger partial charge in [-0.3, -0.25) is 4.79 Å². The van der Waals surface area contributed by atoms with Gasteiger partial charge in [0.15, 0.2) is 6.61 Å². The molecule has 2 rings (SSSR count). The fraction of sp³-hybridized carbons (Fsp3) is 0.529. The first kappa shape index (κ1) is 16.9. The molecule has 1 amide bonds. The van der Waals surface area contributed by atoms with Gasteiger partial charge in [-0.2, -0.15) is 0 Å². The summed E-state index contributed by atoms with van der Waals surface area (Å²) in [6, 6.07) is 7.25. The van der Waals surface area contributed by atoms with Crippen LogP contribution in [0.1, 0.15) is 42.5 Å². The maximum atomic E-state index is 12.0. The van der Waals surface area contributed by atoms with Crippen molar-refractivity contribution in [2.75, 3.05) is 19.4 Å². The second kappa shape index (κ2) is 8.83. The second-order valence-electron chi connectivity index (χ2n) is 5.58. The Bertz CT molecular complexity index is 512. The summed E-state index contributed by atoms with van der Waals surface area (Å²) < 4.78 is 5.11. The number of hydrogen-bond donors (Lipinski definition) is 1. The van der Waals surface area contributed by atoms with E-state index in [1.54, 1.807) is 12.1 Å². The molecule has 0 spiro atoms. The van der Waals surface area contributed by atoms with Crippen molar-refractivity contribution in [2.24, 2.45) is 5.92 Å².